The van der Waals surface area contributed by atoms with Gasteiger partial charge in [0.15, 0.2) is 0 Å². The number of amides is 4. The summed E-state index contributed by atoms with van der Waals surface area (Å²) in [4.78, 5) is 46.8. The van der Waals surface area contributed by atoms with Crippen LogP contribution >= 0.6 is 0 Å². The van der Waals surface area contributed by atoms with Crippen molar-refractivity contribution in [2.45, 2.75) is 101 Å². The molecule has 0 bridgehead atoms. The van der Waals surface area contributed by atoms with Crippen LogP contribution in [0.3, 0.4) is 0 Å². The number of hydrogen-bond donors (Lipinski definition) is 4. The quantitative estimate of drug-likeness (QED) is 0.394. The summed E-state index contributed by atoms with van der Waals surface area (Å²) in [6.07, 6.45) is 7.97. The predicted molar refractivity (Wildman–Crippen MR) is 118 cm³/mol. The molecule has 2 saturated carbocycles. The Hall–Kier alpha value is -2.52. The van der Waals surface area contributed by atoms with Crippen molar-refractivity contribution in [3.05, 3.63) is 0 Å². The number of ether oxygens (including phenoxy) is 2. The third-order valence-electron chi connectivity index (χ3n) is 6.26. The average Bonchev–Trinajstić information content (AvgIpc) is 2.79. The molecule has 0 aliphatic heterocycles. The summed E-state index contributed by atoms with van der Waals surface area (Å²) in [7, 11) is 2.70. The minimum atomic E-state index is -0.412. The minimum absolute atomic E-state index is 0.0196. The number of rotatable bonds is 9. The number of carbonyl (C=O) groups is 4. The number of nitrogens with one attached hydrogen (secondary N) is 4. The second-order valence-electron chi connectivity index (χ2n) is 8.71. The van der Waals surface area contributed by atoms with E-state index in [4.69, 9.17) is 0 Å². The van der Waals surface area contributed by atoms with Gasteiger partial charge in [-0.3, -0.25) is 9.59 Å². The van der Waals surface area contributed by atoms with E-state index in [1.54, 1.807) is 0 Å². The fourth-order valence-corrected chi connectivity index (χ4v) is 4.39. The molecule has 0 aromatic rings. The first-order valence-corrected chi connectivity index (χ1v) is 11.7. The first kappa shape index (κ1) is 25.7. The zero-order valence-electron chi connectivity index (χ0n) is 19.2. The van der Waals surface area contributed by atoms with Crippen molar-refractivity contribution in [3.63, 3.8) is 0 Å². The van der Waals surface area contributed by atoms with Crippen molar-refractivity contribution in [1.82, 2.24) is 21.3 Å². The molecule has 0 atom stereocenters. The Morgan fingerprint density at radius 1 is 0.562 bits per heavy atom. The molecule has 32 heavy (non-hydrogen) atoms. The number of unbranched alkanes of at least 4 members (excludes halogenated alkanes) is 1. The van der Waals surface area contributed by atoms with Gasteiger partial charge in [0.25, 0.3) is 0 Å². The normalized spacial score (nSPS) is 25.2. The maximum atomic E-state index is 12.2. The summed E-state index contributed by atoms with van der Waals surface area (Å²) in [6.45, 7) is 0. The molecule has 182 valence electrons. The fourth-order valence-electron chi connectivity index (χ4n) is 4.39. The van der Waals surface area contributed by atoms with Gasteiger partial charge in [-0.1, -0.05) is 0 Å². The van der Waals surface area contributed by atoms with E-state index in [9.17, 15) is 19.2 Å². The van der Waals surface area contributed by atoms with Crippen LogP contribution < -0.4 is 21.3 Å². The third kappa shape index (κ3) is 9.74. The van der Waals surface area contributed by atoms with Gasteiger partial charge in [0.2, 0.25) is 11.8 Å². The van der Waals surface area contributed by atoms with Gasteiger partial charge in [0, 0.05) is 37.0 Å². The van der Waals surface area contributed by atoms with Crippen molar-refractivity contribution in [1.29, 1.82) is 0 Å². The maximum Gasteiger partial charge on any atom is 0.407 e. The van der Waals surface area contributed by atoms with E-state index in [0.717, 1.165) is 51.4 Å². The molecule has 0 radical (unpaired) electrons. The SMILES string of the molecule is COC(=O)NC1CCC(NC(=O)CCCCC(=O)NC2CCC(NC(=O)OC)CC2)CC1. The molecule has 2 aliphatic carbocycles. The van der Waals surface area contributed by atoms with Crippen LogP contribution in [0.2, 0.25) is 0 Å². The molecule has 0 spiro atoms. The van der Waals surface area contributed by atoms with Gasteiger partial charge in [-0.05, 0) is 64.2 Å². The topological polar surface area (TPSA) is 135 Å². The zero-order valence-corrected chi connectivity index (χ0v) is 19.2. The molecule has 2 rings (SSSR count). The van der Waals surface area contributed by atoms with Crippen LogP contribution in [0, 0.1) is 0 Å². The van der Waals surface area contributed by atoms with Crippen LogP contribution in [0.1, 0.15) is 77.0 Å². The molecule has 0 aromatic heterocycles. The smallest absolute Gasteiger partial charge is 0.407 e. The van der Waals surface area contributed by atoms with Crippen molar-refractivity contribution in [2.75, 3.05) is 14.2 Å². The van der Waals surface area contributed by atoms with Crippen LogP contribution in [-0.2, 0) is 19.1 Å². The molecule has 2 aliphatic rings. The summed E-state index contributed by atoms with van der Waals surface area (Å²) in [5, 5.41) is 11.7. The molecular formula is C22H38N4O6. The Kier molecular flexibility index (Phi) is 11.1. The van der Waals surface area contributed by atoms with Crippen LogP contribution in [0.4, 0.5) is 9.59 Å². The standard InChI is InChI=1S/C22H38N4O6/c1-31-21(29)25-17-11-7-15(8-12-17)23-19(27)5-3-4-6-20(28)24-16-9-13-18(14-10-16)26-22(30)32-2/h15-18H,3-14H2,1-2H3,(H,23,27)(H,24,28)(H,25,29)(H,26,30). The largest absolute Gasteiger partial charge is 0.453 e. The lowest BCUT2D eigenvalue weighted by atomic mass is 9.91. The van der Waals surface area contributed by atoms with E-state index >= 15 is 0 Å². The third-order valence-corrected chi connectivity index (χ3v) is 6.26. The Morgan fingerprint density at radius 2 is 0.844 bits per heavy atom. The molecule has 2 fully saturated rings. The highest BCUT2D eigenvalue weighted by molar-refractivity contribution is 5.77. The summed E-state index contributed by atoms with van der Waals surface area (Å²) >= 11 is 0. The summed E-state index contributed by atoms with van der Waals surface area (Å²) < 4.78 is 9.23. The molecular weight excluding hydrogens is 416 g/mol. The maximum absolute atomic E-state index is 12.2. The molecule has 4 N–H and O–H groups in total. The summed E-state index contributed by atoms with van der Waals surface area (Å²) in [5.74, 6) is 0.0393. The first-order chi connectivity index (χ1) is 15.4. The van der Waals surface area contributed by atoms with Crippen molar-refractivity contribution in [3.8, 4) is 0 Å². The Morgan fingerprint density at radius 3 is 1.12 bits per heavy atom. The van der Waals surface area contributed by atoms with Crippen LogP contribution in [0.15, 0.2) is 0 Å². The van der Waals surface area contributed by atoms with Gasteiger partial charge in [0.05, 0.1) is 14.2 Å². The minimum Gasteiger partial charge on any atom is -0.453 e. The number of alkyl carbamates (subject to hydrolysis) is 2. The van der Waals surface area contributed by atoms with Gasteiger partial charge < -0.3 is 30.7 Å². The van der Waals surface area contributed by atoms with Gasteiger partial charge in [-0.2, -0.15) is 0 Å². The van der Waals surface area contributed by atoms with Crippen LogP contribution in [0.5, 0.6) is 0 Å². The summed E-state index contributed by atoms with van der Waals surface area (Å²) in [6, 6.07) is 0.497. The number of hydrogen-bond acceptors (Lipinski definition) is 6. The molecule has 4 amide bonds. The van der Waals surface area contributed by atoms with E-state index < -0.39 is 12.2 Å². The van der Waals surface area contributed by atoms with Crippen molar-refractivity contribution < 1.29 is 28.7 Å². The molecule has 10 nitrogen and oxygen atoms in total. The monoisotopic (exact) mass is 454 g/mol. The molecule has 0 heterocycles. The van der Waals surface area contributed by atoms with E-state index in [1.807, 2.05) is 0 Å². The molecule has 10 heteroatoms. The van der Waals surface area contributed by atoms with Gasteiger partial charge in [0.1, 0.15) is 0 Å². The zero-order chi connectivity index (χ0) is 23.3. The lowest BCUT2D eigenvalue weighted by Crippen LogP contribution is -2.44. The lowest BCUT2D eigenvalue weighted by Gasteiger charge is -2.29. The highest BCUT2D eigenvalue weighted by Gasteiger charge is 2.25. The highest BCUT2D eigenvalue weighted by Crippen LogP contribution is 2.20. The van der Waals surface area contributed by atoms with E-state index in [-0.39, 0.29) is 36.0 Å². The van der Waals surface area contributed by atoms with Crippen molar-refractivity contribution >= 4 is 24.0 Å². The van der Waals surface area contributed by atoms with Gasteiger partial charge >= 0.3 is 12.2 Å². The molecule has 0 unspecified atom stereocenters. The van der Waals surface area contributed by atoms with Crippen molar-refractivity contribution in [2.24, 2.45) is 0 Å². The Balaban J connectivity index is 1.50. The Labute approximate surface area is 189 Å². The van der Waals surface area contributed by atoms with Crippen LogP contribution in [0.25, 0.3) is 0 Å². The number of carbonyl (C=O) groups excluding carboxylic acids is 4. The highest BCUT2D eigenvalue weighted by atomic mass is 16.5. The lowest BCUT2D eigenvalue weighted by molar-refractivity contribution is -0.124. The Bertz CT molecular complexity index is 574. The van der Waals surface area contributed by atoms with E-state index in [0.29, 0.717) is 25.7 Å². The predicted octanol–water partition coefficient (Wildman–Crippen LogP) is 2.11. The average molecular weight is 455 g/mol. The number of methoxy groups -OCH3 is 2. The molecule has 0 saturated heterocycles. The first-order valence-electron chi connectivity index (χ1n) is 11.7. The van der Waals surface area contributed by atoms with Gasteiger partial charge in [-0.15, -0.1) is 0 Å². The van der Waals surface area contributed by atoms with Crippen LogP contribution in [-0.4, -0.2) is 62.4 Å². The van der Waals surface area contributed by atoms with Gasteiger partial charge in [-0.25, -0.2) is 9.59 Å². The second-order valence-corrected chi connectivity index (χ2v) is 8.71. The van der Waals surface area contributed by atoms with E-state index in [1.165, 1.54) is 14.2 Å². The summed E-state index contributed by atoms with van der Waals surface area (Å²) in [5.41, 5.74) is 0. The molecule has 0 aromatic carbocycles. The van der Waals surface area contributed by atoms with E-state index in [2.05, 4.69) is 30.7 Å². The fraction of sp³-hybridized carbons (Fsp3) is 0.818. The second kappa shape index (κ2) is 13.8.